The minimum atomic E-state index is -1.57. The number of nitrogen functional groups attached to an aromatic ring is 1. The quantitative estimate of drug-likeness (QED) is 0.300. The van der Waals surface area contributed by atoms with E-state index in [1.54, 1.807) is 42.6 Å². The number of amidine groups is 1. The molecule has 7 nitrogen and oxygen atoms in total. The lowest BCUT2D eigenvalue weighted by molar-refractivity contribution is -0.134. The van der Waals surface area contributed by atoms with Gasteiger partial charge in [-0.05, 0) is 35.4 Å². The van der Waals surface area contributed by atoms with Crippen molar-refractivity contribution < 1.29 is 14.5 Å². The van der Waals surface area contributed by atoms with Crippen LogP contribution in [-0.4, -0.2) is 37.2 Å². The first kappa shape index (κ1) is 17.7. The molecule has 5 N–H and O–H groups in total. The minimum absolute atomic E-state index is 0.0136. The molecule has 3 aromatic rings. The maximum Gasteiger partial charge on any atom is 0.354 e. The number of nitrogens with two attached hydrogens (primary N) is 1. The molecule has 3 rings (SSSR count). The van der Waals surface area contributed by atoms with Crippen molar-refractivity contribution in [3.63, 3.8) is 0 Å². The molecule has 0 bridgehead atoms. The fourth-order valence-corrected chi connectivity index (χ4v) is 3.23. The van der Waals surface area contributed by atoms with Crippen LogP contribution in [0.2, 0.25) is 0 Å². The molecule has 0 fully saturated rings. The topological polar surface area (TPSA) is 139 Å². The van der Waals surface area contributed by atoms with Crippen molar-refractivity contribution in [2.75, 3.05) is 5.75 Å². The molecule has 0 spiro atoms. The third-order valence-electron chi connectivity index (χ3n) is 3.71. The summed E-state index contributed by atoms with van der Waals surface area (Å²) in [5.74, 6) is -0.856. The number of H-pyrrole nitrogens is 1. The number of carbonyl (C=O) groups is 1. The zero-order valence-electron chi connectivity index (χ0n) is 13.6. The zero-order valence-corrected chi connectivity index (χ0v) is 14.4. The standard InChI is InChI=1S/C18H16N4O3S/c19-17(20)12-3-1-11(2-4-12)15-9-21-18(22-15)13-5-7-14(8-6-13)26(25)10-16(23)24/h1-9H,10H2,(H3,19,20)(H,21,22)(H,23,24). The highest BCUT2D eigenvalue weighted by Gasteiger charge is 2.16. The number of hydrogen-bond acceptors (Lipinski definition) is 4. The number of aromatic amines is 1. The molecule has 2 aromatic carbocycles. The van der Waals surface area contributed by atoms with Crippen molar-refractivity contribution in [3.8, 4) is 22.6 Å². The summed E-state index contributed by atoms with van der Waals surface area (Å²) in [6, 6.07) is 14.0. The average Bonchev–Trinajstić information content (AvgIpc) is 3.11. The number of nitrogens with one attached hydrogen (secondary N) is 2. The lowest BCUT2D eigenvalue weighted by Gasteiger charge is -2.07. The van der Waals surface area contributed by atoms with Gasteiger partial charge in [0, 0.05) is 22.9 Å². The molecule has 1 unspecified atom stereocenters. The van der Waals surface area contributed by atoms with Crippen molar-refractivity contribution in [3.05, 3.63) is 60.3 Å². The van der Waals surface area contributed by atoms with Crippen molar-refractivity contribution in [2.45, 2.75) is 4.90 Å². The van der Waals surface area contributed by atoms with Gasteiger partial charge in [-0.15, -0.1) is 0 Å². The number of aliphatic carboxylic acids is 1. The molecule has 0 saturated carbocycles. The van der Waals surface area contributed by atoms with Crippen LogP contribution in [0, 0.1) is 5.41 Å². The molecule has 0 amide bonds. The van der Waals surface area contributed by atoms with Crippen LogP contribution < -0.4 is 5.73 Å². The van der Waals surface area contributed by atoms with Crippen LogP contribution in [0.25, 0.3) is 22.6 Å². The Morgan fingerprint density at radius 1 is 1.15 bits per heavy atom. The maximum atomic E-state index is 11.9. The predicted octanol–water partition coefficient (Wildman–Crippen LogP) is 2.22. The number of aromatic nitrogens is 2. The van der Waals surface area contributed by atoms with Gasteiger partial charge in [0.2, 0.25) is 5.75 Å². The predicted molar refractivity (Wildman–Crippen MR) is 99.4 cm³/mol. The first-order valence-electron chi connectivity index (χ1n) is 7.65. The highest BCUT2D eigenvalue weighted by molar-refractivity contribution is 7.92. The van der Waals surface area contributed by atoms with E-state index in [-0.39, 0.29) is 5.84 Å². The molecule has 1 heterocycles. The zero-order chi connectivity index (χ0) is 18.7. The van der Waals surface area contributed by atoms with Crippen LogP contribution in [-0.2, 0) is 16.0 Å². The monoisotopic (exact) mass is 368 g/mol. The fraction of sp³-hybridized carbons (Fsp3) is 0.0556. The van der Waals surface area contributed by atoms with Gasteiger partial charge in [-0.3, -0.25) is 5.41 Å². The Morgan fingerprint density at radius 3 is 2.35 bits per heavy atom. The Morgan fingerprint density at radius 2 is 1.77 bits per heavy atom. The first-order chi connectivity index (χ1) is 12.4. The summed E-state index contributed by atoms with van der Waals surface area (Å²) in [6.07, 6.45) is 1.77. The largest absolute Gasteiger partial charge is 0.611 e. The van der Waals surface area contributed by atoms with Gasteiger partial charge in [0.25, 0.3) is 0 Å². The van der Waals surface area contributed by atoms with E-state index in [2.05, 4.69) is 9.97 Å². The molecule has 26 heavy (non-hydrogen) atoms. The lowest BCUT2D eigenvalue weighted by Crippen LogP contribution is -2.15. The number of imidazole rings is 1. The number of hydrogen-bond donors (Lipinski definition) is 4. The number of carboxylic acid groups (broad SMARTS) is 1. The number of rotatable bonds is 6. The van der Waals surface area contributed by atoms with E-state index < -0.39 is 22.9 Å². The minimum Gasteiger partial charge on any atom is -0.611 e. The molecule has 0 radical (unpaired) electrons. The smallest absolute Gasteiger partial charge is 0.354 e. The maximum absolute atomic E-state index is 11.9. The van der Waals surface area contributed by atoms with E-state index in [4.69, 9.17) is 16.2 Å². The molecule has 1 atom stereocenters. The van der Waals surface area contributed by atoms with Crippen molar-refractivity contribution in [2.24, 2.45) is 5.73 Å². The van der Waals surface area contributed by atoms with Crippen LogP contribution in [0.15, 0.2) is 59.6 Å². The van der Waals surface area contributed by atoms with Crippen molar-refractivity contribution in [1.82, 2.24) is 9.97 Å². The fourth-order valence-electron chi connectivity index (χ4n) is 2.40. The Bertz CT molecular complexity index is 936. The summed E-state index contributed by atoms with van der Waals surface area (Å²) < 4.78 is 11.9. The SMILES string of the molecule is N=C(N)c1ccc(-c2c[nH]c(-c3ccc([S+]([O-])CC(=O)O)cc3)n2)cc1. The Kier molecular flexibility index (Phi) is 5.06. The van der Waals surface area contributed by atoms with Gasteiger partial charge >= 0.3 is 5.97 Å². The van der Waals surface area contributed by atoms with Crippen LogP contribution in [0.3, 0.4) is 0 Å². The summed E-state index contributed by atoms with van der Waals surface area (Å²) in [7, 11) is 0. The molecule has 0 aliphatic carbocycles. The normalized spacial score (nSPS) is 11.9. The van der Waals surface area contributed by atoms with E-state index in [1.807, 2.05) is 12.1 Å². The third-order valence-corrected chi connectivity index (χ3v) is 5.02. The molecule has 132 valence electrons. The Balaban J connectivity index is 1.79. The summed E-state index contributed by atoms with van der Waals surface area (Å²) in [6.45, 7) is 0. The Labute approximate surface area is 152 Å². The van der Waals surface area contributed by atoms with Gasteiger partial charge in [-0.2, -0.15) is 0 Å². The first-order valence-corrected chi connectivity index (χ1v) is 8.97. The molecular weight excluding hydrogens is 352 g/mol. The summed E-state index contributed by atoms with van der Waals surface area (Å²) in [5.41, 5.74) is 8.53. The molecular formula is C18H16N4O3S. The molecule has 1 aromatic heterocycles. The van der Waals surface area contributed by atoms with E-state index in [9.17, 15) is 9.35 Å². The molecule has 8 heteroatoms. The van der Waals surface area contributed by atoms with Crippen LogP contribution in [0.4, 0.5) is 0 Å². The lowest BCUT2D eigenvalue weighted by atomic mass is 10.1. The van der Waals surface area contributed by atoms with Gasteiger partial charge in [0.05, 0.1) is 5.69 Å². The Hall–Kier alpha value is -3.10. The second-order valence-electron chi connectivity index (χ2n) is 5.53. The van der Waals surface area contributed by atoms with Crippen LogP contribution >= 0.6 is 0 Å². The molecule has 0 saturated heterocycles. The van der Waals surface area contributed by atoms with Gasteiger partial charge in [0.1, 0.15) is 11.7 Å². The highest BCUT2D eigenvalue weighted by Crippen LogP contribution is 2.24. The van der Waals surface area contributed by atoms with Gasteiger partial charge in [0.15, 0.2) is 4.90 Å². The van der Waals surface area contributed by atoms with Gasteiger partial charge < -0.3 is 20.4 Å². The number of benzene rings is 2. The van der Waals surface area contributed by atoms with Crippen LogP contribution in [0.5, 0.6) is 0 Å². The second kappa shape index (κ2) is 7.42. The van der Waals surface area contributed by atoms with E-state index in [1.165, 1.54) is 0 Å². The molecule has 0 aliphatic heterocycles. The molecule has 0 aliphatic rings. The third kappa shape index (κ3) is 3.93. The van der Waals surface area contributed by atoms with Crippen molar-refractivity contribution >= 4 is 23.0 Å². The van der Waals surface area contributed by atoms with E-state index in [0.29, 0.717) is 16.3 Å². The summed E-state index contributed by atoms with van der Waals surface area (Å²) >= 11 is -1.57. The van der Waals surface area contributed by atoms with Crippen molar-refractivity contribution in [1.29, 1.82) is 5.41 Å². The van der Waals surface area contributed by atoms with Gasteiger partial charge in [-0.1, -0.05) is 24.3 Å². The summed E-state index contributed by atoms with van der Waals surface area (Å²) in [5, 5.41) is 16.1. The van der Waals surface area contributed by atoms with Gasteiger partial charge in [-0.25, -0.2) is 9.78 Å². The second-order valence-corrected chi connectivity index (χ2v) is 6.98. The summed E-state index contributed by atoms with van der Waals surface area (Å²) in [4.78, 5) is 18.7. The highest BCUT2D eigenvalue weighted by atomic mass is 32.2. The number of carboxylic acids is 1. The number of nitrogens with zero attached hydrogens (tertiary/aromatic N) is 1. The van der Waals surface area contributed by atoms with E-state index in [0.717, 1.165) is 16.8 Å². The average molecular weight is 368 g/mol. The van der Waals surface area contributed by atoms with Crippen LogP contribution in [0.1, 0.15) is 5.56 Å². The van der Waals surface area contributed by atoms with E-state index >= 15 is 0 Å².